The predicted molar refractivity (Wildman–Crippen MR) is 87.3 cm³/mol. The Morgan fingerprint density at radius 1 is 1.22 bits per heavy atom. The van der Waals surface area contributed by atoms with E-state index < -0.39 is 0 Å². The van der Waals surface area contributed by atoms with Crippen molar-refractivity contribution in [1.29, 1.82) is 0 Å². The Morgan fingerprint density at radius 3 is 2.70 bits per heavy atom. The Balaban J connectivity index is 1.70. The monoisotopic (exact) mass is 311 g/mol. The highest BCUT2D eigenvalue weighted by molar-refractivity contribution is 5.98. The summed E-state index contributed by atoms with van der Waals surface area (Å²) in [5.74, 6) is 0.0765. The van der Waals surface area contributed by atoms with E-state index >= 15 is 0 Å². The topological polar surface area (TPSA) is 55.2 Å². The Hall–Kier alpha value is -2.43. The first kappa shape index (κ1) is 15.5. The van der Waals surface area contributed by atoms with E-state index in [9.17, 15) is 9.59 Å². The molecular weight excluding hydrogens is 290 g/mol. The normalized spacial score (nSPS) is 17.4. The lowest BCUT2D eigenvalue weighted by atomic mass is 10.0. The Labute approximate surface area is 135 Å². The first-order valence-corrected chi connectivity index (χ1v) is 8.10. The van der Waals surface area contributed by atoms with Crippen molar-refractivity contribution >= 4 is 11.7 Å². The maximum atomic E-state index is 12.7. The van der Waals surface area contributed by atoms with Crippen LogP contribution in [0.5, 0.6) is 0 Å². The zero-order chi connectivity index (χ0) is 16.2. The van der Waals surface area contributed by atoms with Crippen molar-refractivity contribution in [1.82, 2.24) is 14.7 Å². The summed E-state index contributed by atoms with van der Waals surface area (Å²) in [6.07, 6.45) is 5.60. The van der Waals surface area contributed by atoms with Crippen LogP contribution in [0.25, 0.3) is 0 Å². The zero-order valence-electron chi connectivity index (χ0n) is 13.3. The van der Waals surface area contributed by atoms with Crippen LogP contribution < -0.4 is 0 Å². The number of rotatable bonds is 5. The van der Waals surface area contributed by atoms with Gasteiger partial charge >= 0.3 is 0 Å². The summed E-state index contributed by atoms with van der Waals surface area (Å²) in [5.41, 5.74) is 1.32. The number of amides is 1. The zero-order valence-corrected chi connectivity index (χ0v) is 13.3. The number of nitrogens with zero attached hydrogens (tertiary/aromatic N) is 3. The van der Waals surface area contributed by atoms with Crippen LogP contribution >= 0.6 is 0 Å². The van der Waals surface area contributed by atoms with Gasteiger partial charge in [0.15, 0.2) is 5.78 Å². The summed E-state index contributed by atoms with van der Waals surface area (Å²) in [4.78, 5) is 26.9. The molecule has 2 heterocycles. The van der Waals surface area contributed by atoms with Gasteiger partial charge in [-0.15, -0.1) is 0 Å². The second kappa shape index (κ2) is 6.77. The third-order valence-electron chi connectivity index (χ3n) is 4.36. The van der Waals surface area contributed by atoms with Crippen molar-refractivity contribution in [2.75, 3.05) is 6.54 Å². The Morgan fingerprint density at radius 2 is 2.00 bits per heavy atom. The van der Waals surface area contributed by atoms with E-state index in [0.29, 0.717) is 24.1 Å². The number of hydrogen-bond donors (Lipinski definition) is 0. The number of aryl methyl sites for hydroxylation is 1. The first-order valence-electron chi connectivity index (χ1n) is 8.10. The molecule has 0 aliphatic carbocycles. The van der Waals surface area contributed by atoms with Crippen molar-refractivity contribution in [2.24, 2.45) is 0 Å². The lowest BCUT2D eigenvalue weighted by Crippen LogP contribution is -2.36. The Kier molecular flexibility index (Phi) is 4.55. The highest BCUT2D eigenvalue weighted by atomic mass is 16.2. The summed E-state index contributed by atoms with van der Waals surface area (Å²) in [6, 6.07) is 9.27. The second-order valence-electron chi connectivity index (χ2n) is 5.87. The molecule has 0 N–H and O–H groups in total. The lowest BCUT2D eigenvalue weighted by Gasteiger charge is -2.23. The summed E-state index contributed by atoms with van der Waals surface area (Å²) < 4.78 is 1.74. The van der Waals surface area contributed by atoms with Crippen LogP contribution in [0.1, 0.15) is 46.9 Å². The van der Waals surface area contributed by atoms with E-state index in [1.807, 2.05) is 42.2 Å². The molecule has 0 unspecified atom stereocenters. The van der Waals surface area contributed by atoms with E-state index in [0.717, 1.165) is 19.4 Å². The van der Waals surface area contributed by atoms with E-state index in [-0.39, 0.29) is 17.7 Å². The summed E-state index contributed by atoms with van der Waals surface area (Å²) in [7, 11) is 0. The van der Waals surface area contributed by atoms with Crippen LogP contribution in [0.4, 0.5) is 0 Å². The quantitative estimate of drug-likeness (QED) is 0.798. The van der Waals surface area contributed by atoms with Gasteiger partial charge in [-0.3, -0.25) is 14.3 Å². The third-order valence-corrected chi connectivity index (χ3v) is 4.36. The van der Waals surface area contributed by atoms with E-state index in [2.05, 4.69) is 5.10 Å². The molecule has 5 heteroatoms. The number of ketones is 1. The molecule has 1 aromatic carbocycles. The van der Waals surface area contributed by atoms with Crippen molar-refractivity contribution in [2.45, 2.75) is 38.8 Å². The maximum absolute atomic E-state index is 12.7. The largest absolute Gasteiger partial charge is 0.335 e. The van der Waals surface area contributed by atoms with Gasteiger partial charge < -0.3 is 4.90 Å². The average Bonchev–Trinajstić information content (AvgIpc) is 3.24. The molecule has 1 aliphatic rings. The number of carbonyl (C=O) groups excluding carboxylic acids is 2. The Bertz CT molecular complexity index is 693. The molecule has 2 aromatic rings. The highest BCUT2D eigenvalue weighted by Crippen LogP contribution is 2.24. The van der Waals surface area contributed by atoms with Crippen molar-refractivity contribution in [3.05, 3.63) is 53.9 Å². The molecule has 23 heavy (non-hydrogen) atoms. The SMILES string of the molecule is CCn1cc(C(=O)N2CCC[C@H]2CC(=O)c2ccccc2)cn1. The second-order valence-corrected chi connectivity index (χ2v) is 5.87. The number of carbonyl (C=O) groups is 2. The van der Waals surface area contributed by atoms with Crippen LogP contribution in [-0.2, 0) is 6.54 Å². The van der Waals surface area contributed by atoms with Crippen molar-refractivity contribution in [3.8, 4) is 0 Å². The van der Waals surface area contributed by atoms with Crippen LogP contribution in [0.15, 0.2) is 42.7 Å². The van der Waals surface area contributed by atoms with Gasteiger partial charge in [0.05, 0.1) is 11.8 Å². The standard InChI is InChI=1S/C18H21N3O2/c1-2-20-13-15(12-19-20)18(23)21-10-6-9-16(21)11-17(22)14-7-4-3-5-8-14/h3-5,7-8,12-13,16H,2,6,9-11H2,1H3/t16-/m0/s1. The van der Waals surface area contributed by atoms with Gasteiger partial charge in [0, 0.05) is 37.3 Å². The lowest BCUT2D eigenvalue weighted by molar-refractivity contribution is 0.0717. The highest BCUT2D eigenvalue weighted by Gasteiger charge is 2.31. The summed E-state index contributed by atoms with van der Waals surface area (Å²) >= 11 is 0. The molecule has 1 aromatic heterocycles. The molecule has 0 radical (unpaired) electrons. The fourth-order valence-corrected chi connectivity index (χ4v) is 3.08. The minimum Gasteiger partial charge on any atom is -0.335 e. The van der Waals surface area contributed by atoms with Crippen LogP contribution in [-0.4, -0.2) is 39.0 Å². The van der Waals surface area contributed by atoms with Crippen molar-refractivity contribution in [3.63, 3.8) is 0 Å². The van der Waals surface area contributed by atoms with Gasteiger partial charge in [-0.2, -0.15) is 5.10 Å². The molecule has 0 bridgehead atoms. The van der Waals surface area contributed by atoms with Gasteiger partial charge in [-0.05, 0) is 19.8 Å². The molecule has 3 rings (SSSR count). The van der Waals surface area contributed by atoms with E-state index in [1.165, 1.54) is 0 Å². The average molecular weight is 311 g/mol. The van der Waals surface area contributed by atoms with Gasteiger partial charge in [0.1, 0.15) is 0 Å². The summed E-state index contributed by atoms with van der Waals surface area (Å²) in [5, 5.41) is 4.16. The van der Waals surface area contributed by atoms with Gasteiger partial charge in [-0.25, -0.2) is 0 Å². The molecule has 1 amide bonds. The number of hydrogen-bond acceptors (Lipinski definition) is 3. The third kappa shape index (κ3) is 3.33. The molecule has 5 nitrogen and oxygen atoms in total. The minimum atomic E-state index is -0.0203. The van der Waals surface area contributed by atoms with Gasteiger partial charge in [-0.1, -0.05) is 30.3 Å². The predicted octanol–water partition coefficient (Wildman–Crippen LogP) is 2.78. The minimum absolute atomic E-state index is 0.0137. The smallest absolute Gasteiger partial charge is 0.257 e. The van der Waals surface area contributed by atoms with E-state index in [1.54, 1.807) is 17.1 Å². The maximum Gasteiger partial charge on any atom is 0.257 e. The molecule has 0 saturated carbocycles. The molecule has 120 valence electrons. The fraction of sp³-hybridized carbons (Fsp3) is 0.389. The molecule has 1 saturated heterocycles. The van der Waals surface area contributed by atoms with Crippen LogP contribution in [0.3, 0.4) is 0 Å². The van der Waals surface area contributed by atoms with Crippen LogP contribution in [0, 0.1) is 0 Å². The number of likely N-dealkylation sites (tertiary alicyclic amines) is 1. The molecule has 1 fully saturated rings. The summed E-state index contributed by atoms with van der Waals surface area (Å²) in [6.45, 7) is 3.44. The van der Waals surface area contributed by atoms with Gasteiger partial charge in [0.2, 0.25) is 0 Å². The fourth-order valence-electron chi connectivity index (χ4n) is 3.08. The molecule has 1 aliphatic heterocycles. The number of benzene rings is 1. The van der Waals surface area contributed by atoms with E-state index in [4.69, 9.17) is 0 Å². The first-order chi connectivity index (χ1) is 11.2. The van der Waals surface area contributed by atoms with Crippen LogP contribution in [0.2, 0.25) is 0 Å². The van der Waals surface area contributed by atoms with Gasteiger partial charge in [0.25, 0.3) is 5.91 Å². The molecule has 1 atom stereocenters. The molecule has 0 spiro atoms. The number of Topliss-reactive ketones (excluding diaryl/α,β-unsaturated/α-hetero) is 1. The van der Waals surface area contributed by atoms with Crippen molar-refractivity contribution < 1.29 is 9.59 Å². The number of aromatic nitrogens is 2. The molecular formula is C18H21N3O2.